The van der Waals surface area contributed by atoms with Crippen molar-refractivity contribution in [2.45, 2.75) is 30.7 Å². The second-order valence-corrected chi connectivity index (χ2v) is 7.88. The van der Waals surface area contributed by atoms with Gasteiger partial charge in [-0.2, -0.15) is 4.31 Å². The van der Waals surface area contributed by atoms with Gasteiger partial charge in [0.1, 0.15) is 16.0 Å². The Morgan fingerprint density at radius 1 is 1.39 bits per heavy atom. The molecule has 6 nitrogen and oxygen atoms in total. The van der Waals surface area contributed by atoms with E-state index in [0.717, 1.165) is 10.4 Å². The van der Waals surface area contributed by atoms with Crippen molar-refractivity contribution < 1.29 is 23.1 Å². The number of phenolic OH excluding ortho intramolecular Hbond substituents is 1. The lowest BCUT2D eigenvalue weighted by atomic mass is 10.2. The third kappa shape index (κ3) is 3.39. The maximum atomic E-state index is 12.8. The SMILES string of the molecule is CCOC(=O)[C@@H]1CCCN1S(=O)(=O)c1cc(Cl)c(Cl)c(Cl)c1O. The third-order valence-electron chi connectivity index (χ3n) is 3.45. The van der Waals surface area contributed by atoms with Gasteiger partial charge in [-0.25, -0.2) is 8.42 Å². The monoisotopic (exact) mass is 401 g/mol. The fraction of sp³-hybridized carbons (Fsp3) is 0.462. The summed E-state index contributed by atoms with van der Waals surface area (Å²) in [4.78, 5) is 11.5. The molecule has 2 rings (SSSR count). The molecule has 0 unspecified atom stereocenters. The predicted octanol–water partition coefficient (Wildman–Crippen LogP) is 3.07. The molecular weight excluding hydrogens is 389 g/mol. The van der Waals surface area contributed by atoms with Gasteiger partial charge in [0, 0.05) is 6.54 Å². The quantitative estimate of drug-likeness (QED) is 0.618. The number of nitrogens with zero attached hydrogens (tertiary/aromatic N) is 1. The van der Waals surface area contributed by atoms with Gasteiger partial charge >= 0.3 is 5.97 Å². The molecule has 1 N–H and O–H groups in total. The molecule has 0 aromatic heterocycles. The zero-order valence-corrected chi connectivity index (χ0v) is 15.1. The van der Waals surface area contributed by atoms with Gasteiger partial charge in [0.15, 0.2) is 5.75 Å². The number of carbonyl (C=O) groups is 1. The number of esters is 1. The molecule has 0 saturated carbocycles. The van der Waals surface area contributed by atoms with Crippen LogP contribution in [0.15, 0.2) is 11.0 Å². The minimum Gasteiger partial charge on any atom is -0.505 e. The number of aromatic hydroxyl groups is 1. The number of rotatable bonds is 4. The minimum atomic E-state index is -4.19. The summed E-state index contributed by atoms with van der Waals surface area (Å²) in [6.45, 7) is 1.91. The second-order valence-electron chi connectivity index (χ2n) is 4.86. The Balaban J connectivity index is 2.48. The standard InChI is InChI=1S/C13H14Cl3NO5S/c1-2-22-13(19)8-4-3-5-17(8)23(20,21)9-6-7(14)10(15)11(16)12(9)18/h6,8,18H,2-5H2,1H3/t8-/m0/s1. The number of sulfonamides is 1. The lowest BCUT2D eigenvalue weighted by Crippen LogP contribution is -2.41. The van der Waals surface area contributed by atoms with E-state index in [-0.39, 0.29) is 28.2 Å². The molecule has 0 spiro atoms. The summed E-state index contributed by atoms with van der Waals surface area (Å²) < 4.78 is 31.5. The predicted molar refractivity (Wildman–Crippen MR) is 86.7 cm³/mol. The van der Waals surface area contributed by atoms with Crippen LogP contribution in [0.3, 0.4) is 0 Å². The molecule has 0 bridgehead atoms. The van der Waals surface area contributed by atoms with Gasteiger partial charge in [0.25, 0.3) is 0 Å². The molecule has 10 heteroatoms. The van der Waals surface area contributed by atoms with Crippen LogP contribution in [-0.4, -0.2) is 43.0 Å². The van der Waals surface area contributed by atoms with Crippen molar-refractivity contribution in [3.63, 3.8) is 0 Å². The van der Waals surface area contributed by atoms with E-state index in [1.54, 1.807) is 6.92 Å². The summed E-state index contributed by atoms with van der Waals surface area (Å²) >= 11 is 17.4. The van der Waals surface area contributed by atoms with Gasteiger partial charge < -0.3 is 9.84 Å². The number of hydrogen-bond acceptors (Lipinski definition) is 5. The van der Waals surface area contributed by atoms with E-state index in [1.807, 2.05) is 0 Å². The van der Waals surface area contributed by atoms with E-state index < -0.39 is 32.7 Å². The van der Waals surface area contributed by atoms with Crippen LogP contribution in [0.4, 0.5) is 0 Å². The molecule has 1 aliphatic rings. The molecule has 1 fully saturated rings. The minimum absolute atomic E-state index is 0.111. The molecule has 1 saturated heterocycles. The van der Waals surface area contributed by atoms with Crippen LogP contribution in [0.5, 0.6) is 5.75 Å². The average Bonchev–Trinajstić information content (AvgIpc) is 2.99. The summed E-state index contributed by atoms with van der Waals surface area (Å²) in [5.74, 6) is -1.32. The van der Waals surface area contributed by atoms with Crippen molar-refractivity contribution in [2.75, 3.05) is 13.2 Å². The average molecular weight is 403 g/mol. The zero-order valence-electron chi connectivity index (χ0n) is 12.1. The third-order valence-corrected chi connectivity index (χ3v) is 6.62. The Hall–Kier alpha value is -0.730. The van der Waals surface area contributed by atoms with Crippen LogP contribution in [0.2, 0.25) is 15.1 Å². The normalized spacial score (nSPS) is 19.0. The number of hydrogen-bond donors (Lipinski definition) is 1. The number of carbonyl (C=O) groups excluding carboxylic acids is 1. The van der Waals surface area contributed by atoms with Crippen molar-refractivity contribution in [3.05, 3.63) is 21.1 Å². The molecule has 1 aliphatic heterocycles. The van der Waals surface area contributed by atoms with Crippen LogP contribution in [0.1, 0.15) is 19.8 Å². The maximum absolute atomic E-state index is 12.8. The Bertz CT molecular complexity index is 738. The number of halogens is 3. The van der Waals surface area contributed by atoms with Gasteiger partial charge in [-0.1, -0.05) is 34.8 Å². The van der Waals surface area contributed by atoms with Crippen molar-refractivity contribution in [3.8, 4) is 5.75 Å². The number of ether oxygens (including phenoxy) is 1. The second kappa shape index (κ2) is 7.03. The van der Waals surface area contributed by atoms with E-state index in [4.69, 9.17) is 39.5 Å². The first kappa shape index (κ1) is 18.6. The molecule has 0 amide bonds. The van der Waals surface area contributed by atoms with Crippen molar-refractivity contribution in [1.29, 1.82) is 0 Å². The highest BCUT2D eigenvalue weighted by Gasteiger charge is 2.42. The van der Waals surface area contributed by atoms with Crippen molar-refractivity contribution in [2.24, 2.45) is 0 Å². The highest BCUT2D eigenvalue weighted by atomic mass is 35.5. The smallest absolute Gasteiger partial charge is 0.324 e. The molecule has 1 heterocycles. The Kier molecular flexibility index (Phi) is 5.68. The number of phenols is 1. The molecule has 1 atom stereocenters. The largest absolute Gasteiger partial charge is 0.505 e. The Morgan fingerprint density at radius 3 is 2.65 bits per heavy atom. The van der Waals surface area contributed by atoms with E-state index >= 15 is 0 Å². The first-order valence-corrected chi connectivity index (χ1v) is 9.34. The molecule has 23 heavy (non-hydrogen) atoms. The molecule has 128 valence electrons. The van der Waals surface area contributed by atoms with Crippen LogP contribution >= 0.6 is 34.8 Å². The van der Waals surface area contributed by atoms with Gasteiger partial charge in [-0.05, 0) is 25.8 Å². The molecular formula is C13H14Cl3NO5S. The van der Waals surface area contributed by atoms with Gasteiger partial charge in [0.2, 0.25) is 10.0 Å². The molecule has 0 aliphatic carbocycles. The van der Waals surface area contributed by atoms with Crippen LogP contribution < -0.4 is 0 Å². The van der Waals surface area contributed by atoms with E-state index in [2.05, 4.69) is 0 Å². The van der Waals surface area contributed by atoms with Crippen LogP contribution in [-0.2, 0) is 19.6 Å². The fourth-order valence-corrected chi connectivity index (χ4v) is 4.87. The van der Waals surface area contributed by atoms with Crippen molar-refractivity contribution in [1.82, 2.24) is 4.31 Å². The van der Waals surface area contributed by atoms with Crippen molar-refractivity contribution >= 4 is 50.8 Å². The van der Waals surface area contributed by atoms with Gasteiger partial charge in [-0.3, -0.25) is 4.79 Å². The summed E-state index contributed by atoms with van der Waals surface area (Å²) in [5, 5.41) is 9.42. The van der Waals surface area contributed by atoms with Crippen LogP contribution in [0.25, 0.3) is 0 Å². The Morgan fingerprint density at radius 2 is 2.04 bits per heavy atom. The van der Waals surface area contributed by atoms with E-state index in [0.29, 0.717) is 12.8 Å². The van der Waals surface area contributed by atoms with Gasteiger partial charge in [-0.15, -0.1) is 0 Å². The molecule has 1 aromatic rings. The summed E-state index contributed by atoms with van der Waals surface area (Å²) in [6.07, 6.45) is 0.840. The summed E-state index contributed by atoms with van der Waals surface area (Å²) in [5.41, 5.74) is 0. The maximum Gasteiger partial charge on any atom is 0.324 e. The van der Waals surface area contributed by atoms with E-state index in [9.17, 15) is 18.3 Å². The first-order chi connectivity index (χ1) is 10.7. The lowest BCUT2D eigenvalue weighted by Gasteiger charge is -2.23. The van der Waals surface area contributed by atoms with Gasteiger partial charge in [0.05, 0.1) is 16.7 Å². The first-order valence-electron chi connectivity index (χ1n) is 6.76. The molecule has 1 aromatic carbocycles. The molecule has 0 radical (unpaired) electrons. The number of benzene rings is 1. The Labute approximate surface area is 148 Å². The fourth-order valence-electron chi connectivity index (χ4n) is 2.39. The highest BCUT2D eigenvalue weighted by Crippen LogP contribution is 2.43. The topological polar surface area (TPSA) is 83.9 Å². The zero-order chi connectivity index (χ0) is 17.4. The summed E-state index contributed by atoms with van der Waals surface area (Å²) in [7, 11) is -4.19. The van der Waals surface area contributed by atoms with E-state index in [1.165, 1.54) is 0 Å². The lowest BCUT2D eigenvalue weighted by molar-refractivity contribution is -0.146. The highest BCUT2D eigenvalue weighted by molar-refractivity contribution is 7.89. The summed E-state index contributed by atoms with van der Waals surface area (Å²) in [6, 6.07) is 0.0774. The van der Waals surface area contributed by atoms with Crippen LogP contribution in [0, 0.1) is 0 Å².